The van der Waals surface area contributed by atoms with Gasteiger partial charge >= 0.3 is 0 Å². The number of methoxy groups -OCH3 is 1. The fourth-order valence-electron chi connectivity index (χ4n) is 2.27. The van der Waals surface area contributed by atoms with Crippen LogP contribution in [0, 0.1) is 5.92 Å². The largest absolute Gasteiger partial charge is 0.497 e. The summed E-state index contributed by atoms with van der Waals surface area (Å²) < 4.78 is 5.21. The molecule has 0 aromatic heterocycles. The summed E-state index contributed by atoms with van der Waals surface area (Å²) in [7, 11) is 1.69. The van der Waals surface area contributed by atoms with Crippen LogP contribution in [0.25, 0.3) is 0 Å². The third-order valence-corrected chi connectivity index (χ3v) is 3.17. The van der Waals surface area contributed by atoms with E-state index in [2.05, 4.69) is 12.1 Å². The van der Waals surface area contributed by atoms with Crippen LogP contribution in [0.1, 0.15) is 24.0 Å². The first-order valence-electron chi connectivity index (χ1n) is 5.43. The van der Waals surface area contributed by atoms with E-state index in [9.17, 15) is 4.79 Å². The summed E-state index contributed by atoms with van der Waals surface area (Å²) in [6, 6.07) is 6.26. The summed E-state index contributed by atoms with van der Waals surface area (Å²) >= 11 is 0. The van der Waals surface area contributed by atoms with E-state index < -0.39 is 0 Å². The van der Waals surface area contributed by atoms with Crippen LogP contribution in [0.15, 0.2) is 18.2 Å². The highest BCUT2D eigenvalue weighted by atomic mass is 16.5. The topological polar surface area (TPSA) is 26.3 Å². The van der Waals surface area contributed by atoms with Crippen molar-refractivity contribution in [1.82, 2.24) is 0 Å². The number of hydrogen-bond donors (Lipinski definition) is 0. The van der Waals surface area contributed by atoms with Crippen LogP contribution in [0.3, 0.4) is 0 Å². The van der Waals surface area contributed by atoms with E-state index in [0.717, 1.165) is 31.3 Å². The average molecular weight is 204 g/mol. The van der Waals surface area contributed by atoms with Crippen LogP contribution in [0.2, 0.25) is 0 Å². The third-order valence-electron chi connectivity index (χ3n) is 3.17. The van der Waals surface area contributed by atoms with Gasteiger partial charge in [-0.05, 0) is 48.4 Å². The molecule has 0 aliphatic heterocycles. The standard InChI is InChI=1S/C13H16O2/c1-15-13-5-4-11-3-2-10(6-7-14)8-12(11)9-13/h4-5,7,9-10H,2-3,6,8H2,1H3. The minimum atomic E-state index is 0.530. The molecule has 2 rings (SSSR count). The molecule has 1 aromatic carbocycles. The van der Waals surface area contributed by atoms with Crippen molar-refractivity contribution in [3.05, 3.63) is 29.3 Å². The smallest absolute Gasteiger partial charge is 0.120 e. The lowest BCUT2D eigenvalue weighted by molar-refractivity contribution is -0.108. The Bertz CT molecular complexity index is 358. The summed E-state index contributed by atoms with van der Waals surface area (Å²) in [5, 5.41) is 0. The summed E-state index contributed by atoms with van der Waals surface area (Å²) in [6.45, 7) is 0. The molecule has 0 bridgehead atoms. The average Bonchev–Trinajstić information content (AvgIpc) is 2.28. The molecular formula is C13H16O2. The lowest BCUT2D eigenvalue weighted by atomic mass is 9.82. The molecule has 15 heavy (non-hydrogen) atoms. The van der Waals surface area contributed by atoms with Gasteiger partial charge in [0.15, 0.2) is 0 Å². The molecule has 0 fully saturated rings. The zero-order chi connectivity index (χ0) is 10.7. The molecule has 1 aromatic rings. The van der Waals surface area contributed by atoms with Crippen LogP contribution in [0.5, 0.6) is 5.75 Å². The first-order valence-corrected chi connectivity index (χ1v) is 5.43. The van der Waals surface area contributed by atoms with Crippen molar-refractivity contribution in [1.29, 1.82) is 0 Å². The highest BCUT2D eigenvalue weighted by molar-refractivity contribution is 5.50. The molecule has 0 saturated carbocycles. The fraction of sp³-hybridized carbons (Fsp3) is 0.462. The SMILES string of the molecule is COc1ccc2c(c1)CC(CC=O)CC2. The number of aryl methyl sites for hydroxylation is 1. The zero-order valence-electron chi connectivity index (χ0n) is 9.03. The van der Waals surface area contributed by atoms with Crippen molar-refractivity contribution in [2.24, 2.45) is 5.92 Å². The van der Waals surface area contributed by atoms with E-state index in [0.29, 0.717) is 12.3 Å². The van der Waals surface area contributed by atoms with E-state index in [-0.39, 0.29) is 0 Å². The maximum absolute atomic E-state index is 10.5. The molecule has 80 valence electrons. The number of fused-ring (bicyclic) bond motifs is 1. The van der Waals surface area contributed by atoms with Gasteiger partial charge in [0.25, 0.3) is 0 Å². The Labute approximate surface area is 90.3 Å². The summed E-state index contributed by atoms with van der Waals surface area (Å²) in [5.74, 6) is 1.45. The first kappa shape index (κ1) is 10.2. The maximum atomic E-state index is 10.5. The molecule has 1 atom stereocenters. The van der Waals surface area contributed by atoms with E-state index in [1.807, 2.05) is 6.07 Å². The first-order chi connectivity index (χ1) is 7.33. The quantitative estimate of drug-likeness (QED) is 0.707. The minimum Gasteiger partial charge on any atom is -0.497 e. The Morgan fingerprint density at radius 2 is 2.33 bits per heavy atom. The second-order valence-electron chi connectivity index (χ2n) is 4.15. The van der Waals surface area contributed by atoms with Crippen LogP contribution in [0.4, 0.5) is 0 Å². The van der Waals surface area contributed by atoms with Crippen LogP contribution in [-0.4, -0.2) is 13.4 Å². The van der Waals surface area contributed by atoms with Gasteiger partial charge in [-0.2, -0.15) is 0 Å². The van der Waals surface area contributed by atoms with E-state index >= 15 is 0 Å². The van der Waals surface area contributed by atoms with Crippen LogP contribution < -0.4 is 4.74 Å². The van der Waals surface area contributed by atoms with Gasteiger partial charge in [0.1, 0.15) is 12.0 Å². The third kappa shape index (κ3) is 2.20. The highest BCUT2D eigenvalue weighted by Crippen LogP contribution is 2.29. The van der Waals surface area contributed by atoms with Crippen molar-refractivity contribution in [2.45, 2.75) is 25.7 Å². The van der Waals surface area contributed by atoms with Gasteiger partial charge in [0.2, 0.25) is 0 Å². The number of hydrogen-bond acceptors (Lipinski definition) is 2. The predicted molar refractivity (Wildman–Crippen MR) is 59.2 cm³/mol. The molecule has 0 spiro atoms. The van der Waals surface area contributed by atoms with Gasteiger partial charge < -0.3 is 9.53 Å². The van der Waals surface area contributed by atoms with Crippen molar-refractivity contribution < 1.29 is 9.53 Å². The monoisotopic (exact) mass is 204 g/mol. The number of rotatable bonds is 3. The maximum Gasteiger partial charge on any atom is 0.120 e. The molecule has 0 heterocycles. The molecule has 1 unspecified atom stereocenters. The van der Waals surface area contributed by atoms with E-state index in [4.69, 9.17) is 4.74 Å². The van der Waals surface area contributed by atoms with Crippen LogP contribution >= 0.6 is 0 Å². The fourth-order valence-corrected chi connectivity index (χ4v) is 2.27. The molecule has 0 N–H and O–H groups in total. The van der Waals surface area contributed by atoms with Crippen molar-refractivity contribution in [3.63, 3.8) is 0 Å². The molecule has 0 radical (unpaired) electrons. The Kier molecular flexibility index (Phi) is 3.05. The molecule has 1 aliphatic rings. The number of carbonyl (C=O) groups excluding carboxylic acids is 1. The number of carbonyl (C=O) groups is 1. The van der Waals surface area contributed by atoms with Crippen molar-refractivity contribution in [3.8, 4) is 5.75 Å². The lowest BCUT2D eigenvalue weighted by Gasteiger charge is -2.23. The normalized spacial score (nSPS) is 19.4. The molecular weight excluding hydrogens is 188 g/mol. The van der Waals surface area contributed by atoms with Crippen molar-refractivity contribution in [2.75, 3.05) is 7.11 Å². The number of aldehydes is 1. The predicted octanol–water partition coefficient (Wildman–Crippen LogP) is 2.39. The molecule has 0 saturated heterocycles. The Hall–Kier alpha value is -1.31. The second kappa shape index (κ2) is 4.47. The highest BCUT2D eigenvalue weighted by Gasteiger charge is 2.18. The minimum absolute atomic E-state index is 0.530. The summed E-state index contributed by atoms with van der Waals surface area (Å²) in [5.41, 5.74) is 2.77. The summed E-state index contributed by atoms with van der Waals surface area (Å²) in [4.78, 5) is 10.5. The van der Waals surface area contributed by atoms with Gasteiger partial charge in [-0.25, -0.2) is 0 Å². The zero-order valence-corrected chi connectivity index (χ0v) is 9.03. The van der Waals surface area contributed by atoms with Crippen molar-refractivity contribution >= 4 is 6.29 Å². The Morgan fingerprint density at radius 1 is 1.47 bits per heavy atom. The Morgan fingerprint density at radius 3 is 3.07 bits per heavy atom. The lowest BCUT2D eigenvalue weighted by Crippen LogP contribution is -2.14. The van der Waals surface area contributed by atoms with Gasteiger partial charge in [-0.1, -0.05) is 6.07 Å². The van der Waals surface area contributed by atoms with Gasteiger partial charge in [-0.3, -0.25) is 0 Å². The molecule has 1 aliphatic carbocycles. The number of ether oxygens (including phenoxy) is 1. The Balaban J connectivity index is 2.19. The second-order valence-corrected chi connectivity index (χ2v) is 4.15. The molecule has 0 amide bonds. The van der Waals surface area contributed by atoms with E-state index in [1.54, 1.807) is 7.11 Å². The van der Waals surface area contributed by atoms with Gasteiger partial charge in [-0.15, -0.1) is 0 Å². The number of benzene rings is 1. The molecule has 2 nitrogen and oxygen atoms in total. The molecule has 2 heteroatoms. The summed E-state index contributed by atoms with van der Waals surface area (Å²) in [6.07, 6.45) is 4.98. The van der Waals surface area contributed by atoms with E-state index in [1.165, 1.54) is 11.1 Å². The van der Waals surface area contributed by atoms with Gasteiger partial charge in [0.05, 0.1) is 7.11 Å². The van der Waals surface area contributed by atoms with Crippen LogP contribution in [-0.2, 0) is 17.6 Å². The van der Waals surface area contributed by atoms with Gasteiger partial charge in [0, 0.05) is 6.42 Å².